The number of aryl methyl sites for hydroxylation is 1. The Bertz CT molecular complexity index is 336. The third kappa shape index (κ3) is 4.45. The fourth-order valence-corrected chi connectivity index (χ4v) is 1.10. The van der Waals surface area contributed by atoms with Gasteiger partial charge in [0.2, 0.25) is 0 Å². The molecule has 80 valence electrons. The molecule has 2 nitrogen and oxygen atoms in total. The second kappa shape index (κ2) is 6.02. The predicted octanol–water partition coefficient (Wildman–Crippen LogP) is 2.96. The first-order valence-corrected chi connectivity index (χ1v) is 5.11. The van der Waals surface area contributed by atoms with Crippen molar-refractivity contribution in [3.05, 3.63) is 41.5 Å². The van der Waals surface area contributed by atoms with E-state index in [1.807, 2.05) is 24.3 Å². The Balaban J connectivity index is 2.38. The minimum atomic E-state index is -0.163. The van der Waals surface area contributed by atoms with Crippen molar-refractivity contribution in [1.82, 2.24) is 0 Å². The second-order valence-corrected chi connectivity index (χ2v) is 3.35. The standard InChI is InChI=1S/C13H16O2/c1-3-13(14)15-10-4-5-12-8-6-11(2)7-9-12/h4-9H,3,10H2,1-2H3/b5-4+. The predicted molar refractivity (Wildman–Crippen MR) is 61.5 cm³/mol. The monoisotopic (exact) mass is 204 g/mol. The molecule has 0 fully saturated rings. The van der Waals surface area contributed by atoms with Crippen LogP contribution in [0.2, 0.25) is 0 Å². The summed E-state index contributed by atoms with van der Waals surface area (Å²) in [6, 6.07) is 8.18. The summed E-state index contributed by atoms with van der Waals surface area (Å²) in [5.41, 5.74) is 2.36. The van der Waals surface area contributed by atoms with E-state index in [0.29, 0.717) is 13.0 Å². The zero-order valence-electron chi connectivity index (χ0n) is 9.19. The highest BCUT2D eigenvalue weighted by Gasteiger charge is 1.93. The molecule has 0 saturated carbocycles. The van der Waals surface area contributed by atoms with Crippen LogP contribution in [0.3, 0.4) is 0 Å². The van der Waals surface area contributed by atoms with Gasteiger partial charge in [0.1, 0.15) is 6.61 Å². The second-order valence-electron chi connectivity index (χ2n) is 3.35. The minimum absolute atomic E-state index is 0.163. The molecule has 0 unspecified atom stereocenters. The van der Waals surface area contributed by atoms with Gasteiger partial charge >= 0.3 is 5.97 Å². The maximum atomic E-state index is 10.8. The summed E-state index contributed by atoms with van der Waals surface area (Å²) in [5, 5.41) is 0. The molecule has 1 aromatic carbocycles. The fraction of sp³-hybridized carbons (Fsp3) is 0.308. The SMILES string of the molecule is CCC(=O)OC/C=C/c1ccc(C)cc1. The summed E-state index contributed by atoms with van der Waals surface area (Å²) in [5.74, 6) is -0.163. The maximum absolute atomic E-state index is 10.8. The van der Waals surface area contributed by atoms with Gasteiger partial charge in [0, 0.05) is 6.42 Å². The lowest BCUT2D eigenvalue weighted by Gasteiger charge is -1.98. The highest BCUT2D eigenvalue weighted by molar-refractivity contribution is 5.69. The summed E-state index contributed by atoms with van der Waals surface area (Å²) in [6.07, 6.45) is 4.22. The van der Waals surface area contributed by atoms with E-state index in [0.717, 1.165) is 5.56 Å². The van der Waals surface area contributed by atoms with E-state index in [1.165, 1.54) is 5.56 Å². The Morgan fingerprint density at radius 1 is 1.33 bits per heavy atom. The molecule has 0 spiro atoms. The Morgan fingerprint density at radius 2 is 2.00 bits per heavy atom. The number of rotatable bonds is 4. The average molecular weight is 204 g/mol. The van der Waals surface area contributed by atoms with Crippen molar-refractivity contribution >= 4 is 12.0 Å². The smallest absolute Gasteiger partial charge is 0.305 e. The molecule has 0 heterocycles. The number of benzene rings is 1. The summed E-state index contributed by atoms with van der Waals surface area (Å²) < 4.78 is 4.91. The third-order valence-corrected chi connectivity index (χ3v) is 2.02. The van der Waals surface area contributed by atoms with Crippen LogP contribution in [0.25, 0.3) is 6.08 Å². The molecule has 0 aliphatic carbocycles. The van der Waals surface area contributed by atoms with Crippen molar-refractivity contribution in [2.75, 3.05) is 6.61 Å². The van der Waals surface area contributed by atoms with Crippen LogP contribution in [0.1, 0.15) is 24.5 Å². The maximum Gasteiger partial charge on any atom is 0.305 e. The molecule has 1 rings (SSSR count). The van der Waals surface area contributed by atoms with Gasteiger partial charge in [-0.1, -0.05) is 42.8 Å². The molecule has 0 aliphatic heterocycles. The first-order chi connectivity index (χ1) is 7.22. The van der Waals surface area contributed by atoms with Gasteiger partial charge in [-0.2, -0.15) is 0 Å². The van der Waals surface area contributed by atoms with E-state index in [1.54, 1.807) is 6.92 Å². The van der Waals surface area contributed by atoms with Gasteiger partial charge in [0.05, 0.1) is 0 Å². The van der Waals surface area contributed by atoms with E-state index >= 15 is 0 Å². The van der Waals surface area contributed by atoms with E-state index in [4.69, 9.17) is 4.74 Å². The number of esters is 1. The molecular formula is C13H16O2. The molecule has 0 amide bonds. The number of carbonyl (C=O) groups excluding carboxylic acids is 1. The average Bonchev–Trinajstić information content (AvgIpc) is 2.26. The fourth-order valence-electron chi connectivity index (χ4n) is 1.10. The summed E-state index contributed by atoms with van der Waals surface area (Å²) >= 11 is 0. The topological polar surface area (TPSA) is 26.3 Å². The molecule has 0 N–H and O–H groups in total. The Morgan fingerprint density at radius 3 is 2.60 bits per heavy atom. The zero-order chi connectivity index (χ0) is 11.1. The van der Waals surface area contributed by atoms with E-state index in [9.17, 15) is 4.79 Å². The molecule has 0 aromatic heterocycles. The van der Waals surface area contributed by atoms with E-state index in [-0.39, 0.29) is 5.97 Å². The van der Waals surface area contributed by atoms with Crippen LogP contribution in [0, 0.1) is 6.92 Å². The van der Waals surface area contributed by atoms with Crippen molar-refractivity contribution in [1.29, 1.82) is 0 Å². The largest absolute Gasteiger partial charge is 0.461 e. The Kier molecular flexibility index (Phi) is 4.61. The summed E-state index contributed by atoms with van der Waals surface area (Å²) in [4.78, 5) is 10.8. The van der Waals surface area contributed by atoms with Gasteiger partial charge in [-0.05, 0) is 18.6 Å². The number of hydrogen-bond donors (Lipinski definition) is 0. The normalized spacial score (nSPS) is 10.5. The molecule has 0 radical (unpaired) electrons. The van der Waals surface area contributed by atoms with Crippen LogP contribution in [0.5, 0.6) is 0 Å². The molecule has 2 heteroatoms. The van der Waals surface area contributed by atoms with Crippen LogP contribution >= 0.6 is 0 Å². The molecular weight excluding hydrogens is 188 g/mol. The molecule has 0 saturated heterocycles. The molecule has 15 heavy (non-hydrogen) atoms. The number of hydrogen-bond acceptors (Lipinski definition) is 2. The highest BCUT2D eigenvalue weighted by atomic mass is 16.5. The molecule has 0 aliphatic rings. The number of ether oxygens (including phenoxy) is 1. The Hall–Kier alpha value is -1.57. The first-order valence-electron chi connectivity index (χ1n) is 5.11. The van der Waals surface area contributed by atoms with Crippen molar-refractivity contribution in [3.8, 4) is 0 Å². The van der Waals surface area contributed by atoms with E-state index in [2.05, 4.69) is 19.1 Å². The van der Waals surface area contributed by atoms with Gasteiger partial charge < -0.3 is 4.74 Å². The van der Waals surface area contributed by atoms with Crippen molar-refractivity contribution < 1.29 is 9.53 Å². The molecule has 1 aromatic rings. The van der Waals surface area contributed by atoms with Gasteiger partial charge in [-0.3, -0.25) is 4.79 Å². The first kappa shape index (κ1) is 11.5. The van der Waals surface area contributed by atoms with Gasteiger partial charge in [-0.25, -0.2) is 0 Å². The minimum Gasteiger partial charge on any atom is -0.461 e. The van der Waals surface area contributed by atoms with Crippen molar-refractivity contribution in [2.24, 2.45) is 0 Å². The van der Waals surface area contributed by atoms with Crippen LogP contribution in [0.15, 0.2) is 30.3 Å². The van der Waals surface area contributed by atoms with Crippen molar-refractivity contribution in [3.63, 3.8) is 0 Å². The van der Waals surface area contributed by atoms with Gasteiger partial charge in [-0.15, -0.1) is 0 Å². The van der Waals surface area contributed by atoms with Crippen LogP contribution < -0.4 is 0 Å². The lowest BCUT2D eigenvalue weighted by Crippen LogP contribution is -2.01. The van der Waals surface area contributed by atoms with Crippen molar-refractivity contribution in [2.45, 2.75) is 20.3 Å². The molecule has 0 atom stereocenters. The lowest BCUT2D eigenvalue weighted by atomic mass is 10.1. The van der Waals surface area contributed by atoms with Gasteiger partial charge in [0.25, 0.3) is 0 Å². The summed E-state index contributed by atoms with van der Waals surface area (Å²) in [7, 11) is 0. The zero-order valence-corrected chi connectivity index (χ0v) is 9.19. The lowest BCUT2D eigenvalue weighted by molar-refractivity contribution is -0.141. The van der Waals surface area contributed by atoms with Crippen LogP contribution in [-0.4, -0.2) is 12.6 Å². The highest BCUT2D eigenvalue weighted by Crippen LogP contribution is 2.04. The third-order valence-electron chi connectivity index (χ3n) is 2.02. The van der Waals surface area contributed by atoms with Gasteiger partial charge in [0.15, 0.2) is 0 Å². The van der Waals surface area contributed by atoms with E-state index < -0.39 is 0 Å². The molecule has 0 bridgehead atoms. The Labute approximate surface area is 90.6 Å². The van der Waals surface area contributed by atoms with Crippen LogP contribution in [0.4, 0.5) is 0 Å². The van der Waals surface area contributed by atoms with Crippen LogP contribution in [-0.2, 0) is 9.53 Å². The summed E-state index contributed by atoms with van der Waals surface area (Å²) in [6.45, 7) is 4.18. The number of carbonyl (C=O) groups is 1. The quantitative estimate of drug-likeness (QED) is 0.705.